The molecule has 2 aromatic carbocycles. The summed E-state index contributed by atoms with van der Waals surface area (Å²) in [6.07, 6.45) is 0. The molecule has 0 aliphatic heterocycles. The van der Waals surface area contributed by atoms with E-state index in [1.54, 1.807) is 42.5 Å². The Morgan fingerprint density at radius 1 is 0.889 bits per heavy atom. The molecule has 92 valence electrons. The third-order valence-corrected chi connectivity index (χ3v) is 3.97. The minimum Gasteiger partial charge on any atom is -0.281 e. The van der Waals surface area contributed by atoms with E-state index in [0.29, 0.717) is 20.6 Å². The van der Waals surface area contributed by atoms with E-state index in [0.717, 1.165) is 16.7 Å². The second-order valence-corrected chi connectivity index (χ2v) is 5.74. The second-order valence-electron chi connectivity index (χ2n) is 3.44. The summed E-state index contributed by atoms with van der Waals surface area (Å²) < 4.78 is 0. The van der Waals surface area contributed by atoms with E-state index >= 15 is 0 Å². The zero-order valence-electron chi connectivity index (χ0n) is 8.99. The van der Waals surface area contributed by atoms with E-state index in [1.807, 2.05) is 0 Å². The van der Waals surface area contributed by atoms with Gasteiger partial charge in [0.25, 0.3) is 0 Å². The molecule has 1 nitrogen and oxygen atoms in total. The number of carbonyl (C=O) groups excluding carboxylic acids is 1. The molecule has 2 rings (SSSR count). The van der Waals surface area contributed by atoms with Crippen molar-refractivity contribution in [2.45, 2.75) is 4.90 Å². The predicted octanol–water partition coefficient (Wildman–Crippen LogP) is 5.58. The van der Waals surface area contributed by atoms with Crippen molar-refractivity contribution in [1.29, 1.82) is 0 Å². The number of hydrogen-bond acceptors (Lipinski definition) is 2. The molecule has 0 unspecified atom stereocenters. The van der Waals surface area contributed by atoms with Gasteiger partial charge in [-0.15, -0.1) is 0 Å². The van der Waals surface area contributed by atoms with Crippen molar-refractivity contribution in [2.24, 2.45) is 0 Å². The van der Waals surface area contributed by atoms with E-state index in [9.17, 15) is 4.79 Å². The van der Waals surface area contributed by atoms with E-state index in [-0.39, 0.29) is 5.12 Å². The lowest BCUT2D eigenvalue weighted by Gasteiger charge is -2.05. The molecule has 0 aliphatic carbocycles. The first-order valence-corrected chi connectivity index (χ1v) is 6.95. The maximum atomic E-state index is 12.1. The number of carbonyl (C=O) groups is 1. The SMILES string of the molecule is O=C(Sc1ccc(Cl)cc1)c1c(Cl)cccc1Cl. The lowest BCUT2D eigenvalue weighted by molar-refractivity contribution is 0.108. The molecular weight excluding hydrogens is 311 g/mol. The number of hydrogen-bond donors (Lipinski definition) is 0. The van der Waals surface area contributed by atoms with Gasteiger partial charge >= 0.3 is 0 Å². The van der Waals surface area contributed by atoms with Crippen molar-refractivity contribution in [1.82, 2.24) is 0 Å². The van der Waals surface area contributed by atoms with Crippen LogP contribution in [-0.4, -0.2) is 5.12 Å². The van der Waals surface area contributed by atoms with Gasteiger partial charge in [0.1, 0.15) is 0 Å². The first-order valence-electron chi connectivity index (χ1n) is 4.99. The lowest BCUT2D eigenvalue weighted by atomic mass is 10.2. The maximum Gasteiger partial charge on any atom is 0.227 e. The molecular formula is C13H7Cl3OS. The Bertz CT molecular complexity index is 561. The minimum atomic E-state index is -0.187. The summed E-state index contributed by atoms with van der Waals surface area (Å²) in [5.41, 5.74) is 0.334. The molecule has 0 radical (unpaired) electrons. The van der Waals surface area contributed by atoms with Crippen molar-refractivity contribution in [2.75, 3.05) is 0 Å². The Morgan fingerprint density at radius 2 is 1.44 bits per heavy atom. The van der Waals surface area contributed by atoms with Crippen LogP contribution in [-0.2, 0) is 0 Å². The van der Waals surface area contributed by atoms with Gasteiger partial charge < -0.3 is 0 Å². The Labute approximate surface area is 124 Å². The molecule has 5 heteroatoms. The largest absolute Gasteiger partial charge is 0.281 e. The van der Waals surface area contributed by atoms with Crippen LogP contribution in [0.1, 0.15) is 10.4 Å². The number of benzene rings is 2. The summed E-state index contributed by atoms with van der Waals surface area (Å²) in [6, 6.07) is 12.0. The van der Waals surface area contributed by atoms with Gasteiger partial charge in [-0.2, -0.15) is 0 Å². The van der Waals surface area contributed by atoms with Crippen LogP contribution in [0.3, 0.4) is 0 Å². The van der Waals surface area contributed by atoms with E-state index in [2.05, 4.69) is 0 Å². The van der Waals surface area contributed by atoms with Gasteiger partial charge in [-0.25, -0.2) is 0 Å². The molecule has 0 bridgehead atoms. The zero-order valence-corrected chi connectivity index (χ0v) is 12.1. The van der Waals surface area contributed by atoms with Gasteiger partial charge in [0.05, 0.1) is 15.6 Å². The smallest absolute Gasteiger partial charge is 0.227 e. The van der Waals surface area contributed by atoms with Crippen molar-refractivity contribution < 1.29 is 4.79 Å². The standard InChI is InChI=1S/C13H7Cl3OS/c14-8-4-6-9(7-5-8)18-13(17)12-10(15)2-1-3-11(12)16/h1-7H. The van der Waals surface area contributed by atoms with Crippen LogP contribution in [0.15, 0.2) is 47.4 Å². The molecule has 0 heterocycles. The van der Waals surface area contributed by atoms with Crippen LogP contribution in [0.5, 0.6) is 0 Å². The van der Waals surface area contributed by atoms with Crippen LogP contribution in [0, 0.1) is 0 Å². The molecule has 0 atom stereocenters. The monoisotopic (exact) mass is 316 g/mol. The fraction of sp³-hybridized carbons (Fsp3) is 0. The molecule has 18 heavy (non-hydrogen) atoms. The highest BCUT2D eigenvalue weighted by Crippen LogP contribution is 2.31. The first-order chi connectivity index (χ1) is 8.58. The number of rotatable bonds is 2. The van der Waals surface area contributed by atoms with Crippen molar-refractivity contribution in [3.05, 3.63) is 63.1 Å². The lowest BCUT2D eigenvalue weighted by Crippen LogP contribution is -1.95. The highest BCUT2D eigenvalue weighted by Gasteiger charge is 2.15. The van der Waals surface area contributed by atoms with Crippen LogP contribution < -0.4 is 0 Å². The maximum absolute atomic E-state index is 12.1. The zero-order chi connectivity index (χ0) is 13.1. The van der Waals surface area contributed by atoms with E-state index < -0.39 is 0 Å². The summed E-state index contributed by atoms with van der Waals surface area (Å²) in [6.45, 7) is 0. The summed E-state index contributed by atoms with van der Waals surface area (Å²) in [4.78, 5) is 12.9. The summed E-state index contributed by atoms with van der Waals surface area (Å²) >= 11 is 18.8. The van der Waals surface area contributed by atoms with Crippen molar-refractivity contribution >= 4 is 51.7 Å². The fourth-order valence-corrected chi connectivity index (χ4v) is 2.97. The Hall–Kier alpha value is -0.670. The third kappa shape index (κ3) is 3.21. The topological polar surface area (TPSA) is 17.1 Å². The Morgan fingerprint density at radius 3 is 2.00 bits per heavy atom. The Balaban J connectivity index is 2.25. The summed E-state index contributed by atoms with van der Waals surface area (Å²) in [5.74, 6) is 0. The molecule has 0 aliphatic rings. The van der Waals surface area contributed by atoms with Gasteiger partial charge in [-0.05, 0) is 48.2 Å². The molecule has 0 amide bonds. The molecule has 0 fully saturated rings. The van der Waals surface area contributed by atoms with Crippen LogP contribution in [0.2, 0.25) is 15.1 Å². The van der Waals surface area contributed by atoms with Gasteiger partial charge in [-0.1, -0.05) is 40.9 Å². The van der Waals surface area contributed by atoms with Crippen LogP contribution in [0.4, 0.5) is 0 Å². The number of thioether (sulfide) groups is 1. The van der Waals surface area contributed by atoms with Crippen molar-refractivity contribution in [3.8, 4) is 0 Å². The summed E-state index contributed by atoms with van der Waals surface area (Å²) in [5, 5.41) is 1.15. The minimum absolute atomic E-state index is 0.187. The predicted molar refractivity (Wildman–Crippen MR) is 78.1 cm³/mol. The van der Waals surface area contributed by atoms with Crippen LogP contribution >= 0.6 is 46.6 Å². The number of halogens is 3. The Kier molecular flexibility index (Phi) is 4.57. The van der Waals surface area contributed by atoms with E-state index in [4.69, 9.17) is 34.8 Å². The van der Waals surface area contributed by atoms with Crippen LogP contribution in [0.25, 0.3) is 0 Å². The average molecular weight is 318 g/mol. The quantitative estimate of drug-likeness (QED) is 0.673. The molecule has 0 saturated heterocycles. The molecule has 0 saturated carbocycles. The summed E-state index contributed by atoms with van der Waals surface area (Å²) in [7, 11) is 0. The second kappa shape index (κ2) is 5.98. The van der Waals surface area contributed by atoms with Gasteiger partial charge in [0, 0.05) is 9.92 Å². The van der Waals surface area contributed by atoms with Gasteiger partial charge in [-0.3, -0.25) is 4.79 Å². The fourth-order valence-electron chi connectivity index (χ4n) is 1.35. The normalized spacial score (nSPS) is 10.4. The first kappa shape index (κ1) is 13.8. The van der Waals surface area contributed by atoms with Gasteiger partial charge in [0.2, 0.25) is 5.12 Å². The highest BCUT2D eigenvalue weighted by atomic mass is 35.5. The molecule has 0 N–H and O–H groups in total. The third-order valence-electron chi connectivity index (χ3n) is 2.19. The highest BCUT2D eigenvalue weighted by molar-refractivity contribution is 8.14. The molecule has 2 aromatic rings. The van der Waals surface area contributed by atoms with Crippen molar-refractivity contribution in [3.63, 3.8) is 0 Å². The van der Waals surface area contributed by atoms with Gasteiger partial charge in [0.15, 0.2) is 0 Å². The molecule has 0 spiro atoms. The van der Waals surface area contributed by atoms with E-state index in [1.165, 1.54) is 0 Å². The average Bonchev–Trinajstić information content (AvgIpc) is 2.32. The molecule has 0 aromatic heterocycles.